The van der Waals surface area contributed by atoms with Crippen molar-refractivity contribution < 1.29 is 19.1 Å². The Morgan fingerprint density at radius 2 is 2.14 bits per heavy atom. The van der Waals surface area contributed by atoms with Crippen LogP contribution in [0.25, 0.3) is 0 Å². The molecular weight excluding hydrogens is 284 g/mol. The summed E-state index contributed by atoms with van der Waals surface area (Å²) in [5.74, 6) is 0.754. The average Bonchev–Trinajstić information content (AvgIpc) is 2.93. The van der Waals surface area contributed by atoms with E-state index in [4.69, 9.17) is 9.47 Å². The van der Waals surface area contributed by atoms with E-state index in [0.717, 1.165) is 6.42 Å². The van der Waals surface area contributed by atoms with Crippen LogP contribution in [0.15, 0.2) is 18.2 Å². The second kappa shape index (κ2) is 7.15. The molecule has 2 amide bonds. The molecule has 2 rings (SSSR count). The van der Waals surface area contributed by atoms with Gasteiger partial charge in [0.1, 0.15) is 11.5 Å². The van der Waals surface area contributed by atoms with E-state index in [1.807, 2.05) is 6.92 Å². The number of benzene rings is 1. The summed E-state index contributed by atoms with van der Waals surface area (Å²) >= 11 is 0. The Balaban J connectivity index is 2.19. The lowest BCUT2D eigenvalue weighted by Gasteiger charge is -2.20. The average molecular weight is 306 g/mol. The van der Waals surface area contributed by atoms with Gasteiger partial charge in [-0.1, -0.05) is 6.92 Å². The van der Waals surface area contributed by atoms with Gasteiger partial charge in [-0.2, -0.15) is 0 Å². The number of hydrogen-bond acceptors (Lipinski definition) is 4. The summed E-state index contributed by atoms with van der Waals surface area (Å²) in [6.07, 6.45) is 1.09. The van der Waals surface area contributed by atoms with Crippen LogP contribution in [0.5, 0.6) is 11.5 Å². The first-order chi connectivity index (χ1) is 10.6. The van der Waals surface area contributed by atoms with Crippen LogP contribution in [-0.4, -0.2) is 39.1 Å². The Labute approximate surface area is 130 Å². The maximum absolute atomic E-state index is 12.3. The van der Waals surface area contributed by atoms with Crippen molar-refractivity contribution in [1.29, 1.82) is 0 Å². The topological polar surface area (TPSA) is 67.9 Å². The Morgan fingerprint density at radius 1 is 1.36 bits per heavy atom. The molecule has 0 radical (unpaired) electrons. The van der Waals surface area contributed by atoms with Crippen LogP contribution in [0.2, 0.25) is 0 Å². The highest BCUT2D eigenvalue weighted by molar-refractivity contribution is 6.01. The van der Waals surface area contributed by atoms with E-state index < -0.39 is 0 Å². The zero-order valence-corrected chi connectivity index (χ0v) is 13.2. The van der Waals surface area contributed by atoms with Crippen LogP contribution in [0.1, 0.15) is 19.8 Å². The van der Waals surface area contributed by atoms with Gasteiger partial charge in [-0.25, -0.2) is 0 Å². The number of amides is 2. The van der Waals surface area contributed by atoms with Crippen molar-refractivity contribution in [3.8, 4) is 11.5 Å². The highest BCUT2D eigenvalue weighted by Crippen LogP contribution is 2.35. The van der Waals surface area contributed by atoms with E-state index in [-0.39, 0.29) is 24.2 Å². The van der Waals surface area contributed by atoms with Crippen LogP contribution in [0.4, 0.5) is 5.69 Å². The first kappa shape index (κ1) is 16.1. The standard InChI is InChI=1S/C16H22N2O4/c1-4-7-17-16(20)11-8-15(19)18(10-11)13-9-12(21-2)5-6-14(13)22-3/h5-6,9,11H,4,7-8,10H2,1-3H3,(H,17,20). The summed E-state index contributed by atoms with van der Waals surface area (Å²) in [7, 11) is 3.12. The van der Waals surface area contributed by atoms with Crippen molar-refractivity contribution in [2.24, 2.45) is 5.92 Å². The minimum atomic E-state index is -0.324. The largest absolute Gasteiger partial charge is 0.497 e. The van der Waals surface area contributed by atoms with Gasteiger partial charge in [0.25, 0.3) is 0 Å². The number of methoxy groups -OCH3 is 2. The predicted octanol–water partition coefficient (Wildman–Crippen LogP) is 1.58. The van der Waals surface area contributed by atoms with Gasteiger partial charge < -0.3 is 19.7 Å². The number of rotatable bonds is 6. The highest BCUT2D eigenvalue weighted by Gasteiger charge is 2.36. The molecule has 22 heavy (non-hydrogen) atoms. The van der Waals surface area contributed by atoms with E-state index in [2.05, 4.69) is 5.32 Å². The van der Waals surface area contributed by atoms with Crippen molar-refractivity contribution >= 4 is 17.5 Å². The molecule has 1 saturated heterocycles. The Morgan fingerprint density at radius 3 is 2.77 bits per heavy atom. The molecular formula is C16H22N2O4. The summed E-state index contributed by atoms with van der Waals surface area (Å²) < 4.78 is 10.5. The summed E-state index contributed by atoms with van der Waals surface area (Å²) in [5, 5.41) is 2.84. The van der Waals surface area contributed by atoms with Gasteiger partial charge in [-0.15, -0.1) is 0 Å². The minimum absolute atomic E-state index is 0.0698. The van der Waals surface area contributed by atoms with Gasteiger partial charge >= 0.3 is 0 Å². The zero-order valence-electron chi connectivity index (χ0n) is 13.2. The van der Waals surface area contributed by atoms with Gasteiger partial charge in [0, 0.05) is 25.6 Å². The van der Waals surface area contributed by atoms with Gasteiger partial charge in [-0.3, -0.25) is 9.59 Å². The molecule has 1 aliphatic rings. The zero-order chi connectivity index (χ0) is 16.1. The maximum Gasteiger partial charge on any atom is 0.227 e. The fourth-order valence-corrected chi connectivity index (χ4v) is 2.52. The van der Waals surface area contributed by atoms with Crippen molar-refractivity contribution in [3.05, 3.63) is 18.2 Å². The molecule has 1 aromatic rings. The normalized spacial score (nSPS) is 17.5. The van der Waals surface area contributed by atoms with Gasteiger partial charge in [0.2, 0.25) is 11.8 Å². The van der Waals surface area contributed by atoms with Crippen LogP contribution < -0.4 is 19.7 Å². The van der Waals surface area contributed by atoms with E-state index >= 15 is 0 Å². The summed E-state index contributed by atoms with van der Waals surface area (Å²) in [5.41, 5.74) is 0.637. The third-order valence-corrected chi connectivity index (χ3v) is 3.72. The van der Waals surface area contributed by atoms with E-state index in [9.17, 15) is 9.59 Å². The van der Waals surface area contributed by atoms with E-state index in [0.29, 0.717) is 30.3 Å². The van der Waals surface area contributed by atoms with Crippen LogP contribution in [-0.2, 0) is 9.59 Å². The number of carbonyl (C=O) groups is 2. The number of carbonyl (C=O) groups excluding carboxylic acids is 2. The maximum atomic E-state index is 12.3. The molecule has 1 aromatic carbocycles. The van der Waals surface area contributed by atoms with Crippen molar-refractivity contribution in [1.82, 2.24) is 5.32 Å². The molecule has 0 spiro atoms. The van der Waals surface area contributed by atoms with E-state index in [1.54, 1.807) is 37.3 Å². The predicted molar refractivity (Wildman–Crippen MR) is 83.3 cm³/mol. The molecule has 1 atom stereocenters. The fraction of sp³-hybridized carbons (Fsp3) is 0.500. The molecule has 0 bridgehead atoms. The number of hydrogen-bond donors (Lipinski definition) is 1. The minimum Gasteiger partial charge on any atom is -0.497 e. The summed E-state index contributed by atoms with van der Waals surface area (Å²) in [6, 6.07) is 5.28. The van der Waals surface area contributed by atoms with E-state index in [1.165, 1.54) is 0 Å². The Hall–Kier alpha value is -2.24. The molecule has 1 aliphatic heterocycles. The second-order valence-corrected chi connectivity index (χ2v) is 5.23. The molecule has 1 fully saturated rings. The summed E-state index contributed by atoms with van der Waals surface area (Å²) in [4.78, 5) is 25.9. The molecule has 0 aliphatic carbocycles. The SMILES string of the molecule is CCCNC(=O)C1CC(=O)N(c2cc(OC)ccc2OC)C1. The number of nitrogens with zero attached hydrogens (tertiary/aromatic N) is 1. The Kier molecular flexibility index (Phi) is 5.25. The van der Waals surface area contributed by atoms with Gasteiger partial charge in [0.05, 0.1) is 25.8 Å². The van der Waals surface area contributed by atoms with Gasteiger partial charge in [-0.05, 0) is 18.6 Å². The first-order valence-electron chi connectivity index (χ1n) is 7.40. The first-order valence-corrected chi connectivity index (χ1v) is 7.40. The van der Waals surface area contributed by atoms with Crippen molar-refractivity contribution in [2.45, 2.75) is 19.8 Å². The quantitative estimate of drug-likeness (QED) is 0.866. The van der Waals surface area contributed by atoms with Crippen molar-refractivity contribution in [3.63, 3.8) is 0 Å². The molecule has 1 unspecified atom stereocenters. The molecule has 6 nitrogen and oxygen atoms in total. The van der Waals surface area contributed by atoms with Crippen LogP contribution in [0, 0.1) is 5.92 Å². The molecule has 1 N–H and O–H groups in total. The molecule has 0 aromatic heterocycles. The molecule has 1 heterocycles. The molecule has 120 valence electrons. The third-order valence-electron chi connectivity index (χ3n) is 3.72. The van der Waals surface area contributed by atoms with Crippen LogP contribution >= 0.6 is 0 Å². The second-order valence-electron chi connectivity index (χ2n) is 5.23. The number of nitrogens with one attached hydrogen (secondary N) is 1. The summed E-state index contributed by atoms with van der Waals surface area (Å²) in [6.45, 7) is 2.98. The number of anilines is 1. The lowest BCUT2D eigenvalue weighted by Crippen LogP contribution is -2.33. The highest BCUT2D eigenvalue weighted by atomic mass is 16.5. The smallest absolute Gasteiger partial charge is 0.227 e. The lowest BCUT2D eigenvalue weighted by atomic mass is 10.1. The molecule has 6 heteroatoms. The van der Waals surface area contributed by atoms with Gasteiger partial charge in [0.15, 0.2) is 0 Å². The Bertz CT molecular complexity index is 559. The third kappa shape index (κ3) is 3.32. The number of ether oxygens (including phenoxy) is 2. The fourth-order valence-electron chi connectivity index (χ4n) is 2.52. The van der Waals surface area contributed by atoms with Crippen LogP contribution in [0.3, 0.4) is 0 Å². The lowest BCUT2D eigenvalue weighted by molar-refractivity contribution is -0.126. The molecule has 0 saturated carbocycles. The monoisotopic (exact) mass is 306 g/mol. The van der Waals surface area contributed by atoms with Crippen molar-refractivity contribution in [2.75, 3.05) is 32.2 Å².